The van der Waals surface area contributed by atoms with Gasteiger partial charge in [-0.1, -0.05) is 84.8 Å². The zero-order chi connectivity index (χ0) is 40.1. The van der Waals surface area contributed by atoms with Gasteiger partial charge in [-0.3, -0.25) is 4.57 Å². The van der Waals surface area contributed by atoms with E-state index in [1.165, 1.54) is 0 Å². The Balaban J connectivity index is 1.24. The highest BCUT2D eigenvalue weighted by Gasteiger charge is 2.18. The van der Waals surface area contributed by atoms with Gasteiger partial charge in [0, 0.05) is 45.4 Å². The molecule has 4 heteroatoms. The molecule has 0 radical (unpaired) electrons. The number of imidazole rings is 1. The van der Waals surface area contributed by atoms with Crippen LogP contribution in [0.3, 0.4) is 0 Å². The Morgan fingerprint density at radius 3 is 1.40 bits per heavy atom. The normalized spacial score (nSPS) is 14.0. The lowest BCUT2D eigenvalue weighted by molar-refractivity contribution is 1.10. The summed E-state index contributed by atoms with van der Waals surface area (Å²) in [4.78, 5) is 8.32. The van der Waals surface area contributed by atoms with Gasteiger partial charge in [0.05, 0.1) is 24.7 Å². The number of para-hydroxylation sites is 6. The zero-order valence-electron chi connectivity index (χ0n) is 35.0. The van der Waals surface area contributed by atoms with Crippen LogP contribution in [0.15, 0.2) is 194 Å². The molecule has 47 heavy (non-hydrogen) atoms. The van der Waals surface area contributed by atoms with Crippen molar-refractivity contribution in [2.45, 2.75) is 0 Å². The second-order valence-electron chi connectivity index (χ2n) is 10.6. The average molecular weight is 615 g/mol. The van der Waals surface area contributed by atoms with Crippen molar-refractivity contribution in [1.82, 2.24) is 9.55 Å². The van der Waals surface area contributed by atoms with E-state index in [0.29, 0.717) is 28.6 Å². The average Bonchev–Trinajstić information content (AvgIpc) is 3.64. The smallest absolute Gasteiger partial charge is 0.145 e. The molecule has 1 aromatic heterocycles. The van der Waals surface area contributed by atoms with E-state index in [9.17, 15) is 0 Å². The Hall–Kier alpha value is -6.39. The third-order valence-corrected chi connectivity index (χ3v) is 7.76. The fraction of sp³-hybridized carbons (Fsp3) is 0. The molecular weight excluding hydrogens is 573 g/mol. The van der Waals surface area contributed by atoms with E-state index < -0.39 is 36.3 Å². The molecule has 1 heterocycles. The van der Waals surface area contributed by atoms with E-state index in [1.54, 1.807) is 9.80 Å². The molecule has 4 nitrogen and oxygen atoms in total. The van der Waals surface area contributed by atoms with Crippen molar-refractivity contribution in [2.75, 3.05) is 9.80 Å². The van der Waals surface area contributed by atoms with Gasteiger partial charge in [-0.25, -0.2) is 4.98 Å². The lowest BCUT2D eigenvalue weighted by atomic mass is 10.1. The number of nitrogens with zero attached hydrogens (tertiary/aromatic N) is 4. The third kappa shape index (κ3) is 5.54. The molecule has 0 aliphatic rings. The fourth-order valence-electron chi connectivity index (χ4n) is 5.67. The molecule has 0 N–H and O–H groups in total. The van der Waals surface area contributed by atoms with Crippen LogP contribution in [0.4, 0.5) is 34.1 Å². The second-order valence-corrected chi connectivity index (χ2v) is 10.6. The molecule has 0 spiro atoms. The summed E-state index contributed by atoms with van der Waals surface area (Å²) in [5.74, 6) is 0.620. The minimum absolute atomic E-state index is 0.0282. The minimum Gasteiger partial charge on any atom is -0.311 e. The molecule has 0 aliphatic carbocycles. The van der Waals surface area contributed by atoms with Gasteiger partial charge in [0.15, 0.2) is 0 Å². The summed E-state index contributed by atoms with van der Waals surface area (Å²) >= 11 is 0. The Morgan fingerprint density at radius 1 is 0.426 bits per heavy atom. The van der Waals surface area contributed by atoms with Crippen molar-refractivity contribution >= 4 is 45.2 Å². The van der Waals surface area contributed by atoms with E-state index in [1.807, 2.05) is 138 Å². The Morgan fingerprint density at radius 2 is 0.872 bits per heavy atom. The first-order valence-electron chi connectivity index (χ1n) is 20.0. The van der Waals surface area contributed by atoms with E-state index in [2.05, 4.69) is 0 Å². The molecule has 0 amide bonds. The molecule has 224 valence electrons. The molecule has 0 unspecified atom stereocenters. The maximum atomic E-state index is 8.75. The van der Waals surface area contributed by atoms with E-state index in [4.69, 9.17) is 18.7 Å². The van der Waals surface area contributed by atoms with Crippen LogP contribution >= 0.6 is 0 Å². The first kappa shape index (κ1) is 19.2. The van der Waals surface area contributed by atoms with Gasteiger partial charge in [-0.2, -0.15) is 0 Å². The Bertz CT molecular complexity index is 2740. The summed E-state index contributed by atoms with van der Waals surface area (Å²) in [6, 6.07) is 36.9. The van der Waals surface area contributed by atoms with Crippen LogP contribution in [-0.2, 0) is 0 Å². The third-order valence-electron chi connectivity index (χ3n) is 7.76. The summed E-state index contributed by atoms with van der Waals surface area (Å²) in [5, 5.41) is 0. The zero-order valence-corrected chi connectivity index (χ0v) is 25.0. The van der Waals surface area contributed by atoms with Gasteiger partial charge >= 0.3 is 0 Å². The highest BCUT2D eigenvalue weighted by molar-refractivity contribution is 5.85. The molecular formula is C43H32N4. The highest BCUT2D eigenvalue weighted by Crippen LogP contribution is 2.38. The van der Waals surface area contributed by atoms with E-state index >= 15 is 0 Å². The lowest BCUT2D eigenvalue weighted by Crippen LogP contribution is -2.10. The molecule has 0 aliphatic heterocycles. The van der Waals surface area contributed by atoms with Gasteiger partial charge in [0.2, 0.25) is 0 Å². The standard InChI is InChI=1S/C43H32N4/c1-5-15-34(16-6-1)45(35-17-7-2-8-18-35)38-27-25-33(26-28-38)43-44-41-23-13-14-24-42(41)47(43)40-31-29-39(30-32-40)46(36-19-9-3-10-20-36)37-21-11-4-12-22-37/h1-32H/i1D,3D,5D,6D,9D,10D,15D,16D,19D,20D. The van der Waals surface area contributed by atoms with Crippen LogP contribution in [0.5, 0.6) is 0 Å². The maximum absolute atomic E-state index is 8.75. The van der Waals surface area contributed by atoms with Crippen molar-refractivity contribution in [1.29, 1.82) is 0 Å². The molecule has 8 rings (SSSR count). The monoisotopic (exact) mass is 614 g/mol. The molecule has 0 saturated carbocycles. The van der Waals surface area contributed by atoms with Crippen molar-refractivity contribution in [3.63, 3.8) is 0 Å². The molecule has 0 saturated heterocycles. The molecule has 0 bridgehead atoms. The van der Waals surface area contributed by atoms with Crippen LogP contribution in [0, 0.1) is 0 Å². The Kier molecular flexibility index (Phi) is 5.12. The second kappa shape index (κ2) is 12.5. The summed E-state index contributed by atoms with van der Waals surface area (Å²) in [7, 11) is 0. The number of rotatable bonds is 8. The van der Waals surface area contributed by atoms with Gasteiger partial charge in [0.25, 0.3) is 0 Å². The quantitative estimate of drug-likeness (QED) is 0.170. The number of aromatic nitrogens is 2. The number of hydrogen-bond donors (Lipinski definition) is 0. The van der Waals surface area contributed by atoms with Crippen molar-refractivity contribution in [2.24, 2.45) is 0 Å². The minimum atomic E-state index is -0.467. The first-order chi connectivity index (χ1) is 27.5. The topological polar surface area (TPSA) is 24.3 Å². The summed E-state index contributed by atoms with van der Waals surface area (Å²) in [6.07, 6.45) is 0. The SMILES string of the molecule is [2H]c1c([2H])c([2H])c(N(c2ccccc2)c2ccc(-c3nc4ccccc4n3-c3ccc(N(c4ccccc4)c4c([2H])c([2H])c([2H])c([2H])c4[2H])cc3)cc2)c([2H])c1[2H]. The molecule has 0 fully saturated rings. The number of benzene rings is 7. The number of fused-ring (bicyclic) bond motifs is 1. The highest BCUT2D eigenvalue weighted by atomic mass is 15.2. The largest absolute Gasteiger partial charge is 0.311 e. The summed E-state index contributed by atoms with van der Waals surface area (Å²) < 4.78 is 86.6. The molecule has 7 aromatic carbocycles. The van der Waals surface area contributed by atoms with Crippen LogP contribution < -0.4 is 9.80 Å². The fourth-order valence-corrected chi connectivity index (χ4v) is 5.67. The van der Waals surface area contributed by atoms with Crippen LogP contribution in [0.1, 0.15) is 13.7 Å². The molecule has 8 aromatic rings. The summed E-state index contributed by atoms with van der Waals surface area (Å²) in [6.45, 7) is 0. The predicted octanol–water partition coefficient (Wildman–Crippen LogP) is 11.6. The van der Waals surface area contributed by atoms with Crippen molar-refractivity contribution in [3.8, 4) is 17.1 Å². The van der Waals surface area contributed by atoms with Gasteiger partial charge in [-0.15, -0.1) is 0 Å². The van der Waals surface area contributed by atoms with Crippen molar-refractivity contribution < 1.29 is 13.7 Å². The predicted molar refractivity (Wildman–Crippen MR) is 196 cm³/mol. The van der Waals surface area contributed by atoms with Crippen LogP contribution in [-0.4, -0.2) is 9.55 Å². The lowest BCUT2D eigenvalue weighted by Gasteiger charge is -2.26. The van der Waals surface area contributed by atoms with Crippen LogP contribution in [0.25, 0.3) is 28.1 Å². The number of anilines is 6. The van der Waals surface area contributed by atoms with Gasteiger partial charge < -0.3 is 9.80 Å². The van der Waals surface area contributed by atoms with E-state index in [-0.39, 0.29) is 35.5 Å². The Labute approximate surface area is 289 Å². The first-order valence-corrected chi connectivity index (χ1v) is 15.0. The van der Waals surface area contributed by atoms with Gasteiger partial charge in [0.1, 0.15) is 5.82 Å². The van der Waals surface area contributed by atoms with E-state index in [0.717, 1.165) is 22.3 Å². The van der Waals surface area contributed by atoms with Gasteiger partial charge in [-0.05, 0) is 109 Å². The molecule has 0 atom stereocenters. The van der Waals surface area contributed by atoms with Crippen molar-refractivity contribution in [3.05, 3.63) is 194 Å². The van der Waals surface area contributed by atoms with Crippen LogP contribution in [0.2, 0.25) is 0 Å². The maximum Gasteiger partial charge on any atom is 0.145 e. The summed E-state index contributed by atoms with van der Waals surface area (Å²) in [5.41, 5.74) is 5.52. The number of hydrogen-bond acceptors (Lipinski definition) is 3.